The zero-order valence-corrected chi connectivity index (χ0v) is 15.5. The van der Waals surface area contributed by atoms with E-state index in [-0.39, 0.29) is 23.1 Å². The van der Waals surface area contributed by atoms with E-state index in [4.69, 9.17) is 0 Å². The maximum Gasteiger partial charge on any atom is 0.258 e. The van der Waals surface area contributed by atoms with Gasteiger partial charge in [0.25, 0.3) is 5.91 Å². The minimum atomic E-state index is -0.386. The Bertz CT molecular complexity index is 887. The lowest BCUT2D eigenvalue weighted by atomic mass is 10.1. The standard InChI is InChI=1S/C19H23N5O3/c1-4-18(26)20-13-5-6-15(25)14(10-13)19(27)23-7-8-24-16(9-12(2)3)21-22-17(24)11-23/h4-6,10,12,25H,1,7-9,11H2,2-3H3,(H,20,26). The number of aromatic nitrogens is 3. The van der Waals surface area contributed by atoms with Gasteiger partial charge in [-0.05, 0) is 30.2 Å². The Morgan fingerprint density at radius 1 is 1.33 bits per heavy atom. The number of phenols is 1. The lowest BCUT2D eigenvalue weighted by Gasteiger charge is -2.28. The fraction of sp³-hybridized carbons (Fsp3) is 0.368. The van der Waals surface area contributed by atoms with E-state index < -0.39 is 0 Å². The van der Waals surface area contributed by atoms with Gasteiger partial charge in [0.1, 0.15) is 11.6 Å². The number of nitrogens with one attached hydrogen (secondary N) is 1. The number of hydrogen-bond acceptors (Lipinski definition) is 5. The molecule has 2 aromatic rings. The summed E-state index contributed by atoms with van der Waals surface area (Å²) in [6.45, 7) is 9.09. The Morgan fingerprint density at radius 2 is 2.11 bits per heavy atom. The highest BCUT2D eigenvalue weighted by atomic mass is 16.3. The summed E-state index contributed by atoms with van der Waals surface area (Å²) in [6.07, 6.45) is 1.98. The third kappa shape index (κ3) is 3.99. The summed E-state index contributed by atoms with van der Waals surface area (Å²) in [6, 6.07) is 4.38. The van der Waals surface area contributed by atoms with Crippen LogP contribution in [-0.4, -0.2) is 43.1 Å². The molecule has 2 N–H and O–H groups in total. The monoisotopic (exact) mass is 369 g/mol. The van der Waals surface area contributed by atoms with E-state index in [1.165, 1.54) is 18.2 Å². The van der Waals surface area contributed by atoms with E-state index in [0.717, 1.165) is 24.1 Å². The molecule has 1 aliphatic heterocycles. The van der Waals surface area contributed by atoms with Crippen molar-refractivity contribution in [3.05, 3.63) is 48.1 Å². The first kappa shape index (κ1) is 18.6. The van der Waals surface area contributed by atoms with Crippen molar-refractivity contribution in [2.24, 2.45) is 5.92 Å². The number of hydrogen-bond donors (Lipinski definition) is 2. The maximum atomic E-state index is 12.9. The van der Waals surface area contributed by atoms with Crippen LogP contribution in [0, 0.1) is 5.92 Å². The maximum absolute atomic E-state index is 12.9. The molecule has 8 heteroatoms. The minimum Gasteiger partial charge on any atom is -0.507 e. The van der Waals surface area contributed by atoms with Crippen molar-refractivity contribution < 1.29 is 14.7 Å². The van der Waals surface area contributed by atoms with Gasteiger partial charge in [-0.25, -0.2) is 0 Å². The van der Waals surface area contributed by atoms with Crippen molar-refractivity contribution in [3.63, 3.8) is 0 Å². The predicted molar refractivity (Wildman–Crippen MR) is 100 cm³/mol. The average molecular weight is 369 g/mol. The lowest BCUT2D eigenvalue weighted by molar-refractivity contribution is -0.111. The van der Waals surface area contributed by atoms with E-state index in [9.17, 15) is 14.7 Å². The Labute approximate surface area is 157 Å². The molecule has 0 radical (unpaired) electrons. The number of carbonyl (C=O) groups excluding carboxylic acids is 2. The number of anilines is 1. The summed E-state index contributed by atoms with van der Waals surface area (Å²) in [5.74, 6) is 1.31. The molecule has 2 heterocycles. The Hall–Kier alpha value is -3.16. The topological polar surface area (TPSA) is 100 Å². The molecule has 0 saturated heterocycles. The van der Waals surface area contributed by atoms with Gasteiger partial charge in [-0.2, -0.15) is 0 Å². The van der Waals surface area contributed by atoms with Gasteiger partial charge in [-0.3, -0.25) is 9.59 Å². The summed E-state index contributed by atoms with van der Waals surface area (Å²) in [5, 5.41) is 21.2. The van der Waals surface area contributed by atoms with E-state index in [2.05, 4.69) is 40.5 Å². The van der Waals surface area contributed by atoms with Crippen LogP contribution in [0.1, 0.15) is 35.9 Å². The van der Waals surface area contributed by atoms with Crippen LogP contribution in [0.25, 0.3) is 0 Å². The molecular formula is C19H23N5O3. The number of phenolic OH excluding ortho intramolecular Hbond substituents is 1. The molecule has 0 bridgehead atoms. The van der Waals surface area contributed by atoms with Crippen LogP contribution in [0.5, 0.6) is 5.75 Å². The predicted octanol–water partition coefficient (Wildman–Crippen LogP) is 1.96. The summed E-state index contributed by atoms with van der Waals surface area (Å²) >= 11 is 0. The summed E-state index contributed by atoms with van der Waals surface area (Å²) in [4.78, 5) is 26.0. The SMILES string of the molecule is C=CC(=O)Nc1ccc(O)c(C(=O)N2CCn3c(CC(C)C)nnc3C2)c1. The van der Waals surface area contributed by atoms with E-state index in [0.29, 0.717) is 31.2 Å². The van der Waals surface area contributed by atoms with E-state index in [1.807, 2.05) is 0 Å². The second-order valence-electron chi connectivity index (χ2n) is 6.93. The average Bonchev–Trinajstić information content (AvgIpc) is 3.04. The first-order valence-corrected chi connectivity index (χ1v) is 8.85. The van der Waals surface area contributed by atoms with Crippen molar-refractivity contribution in [1.82, 2.24) is 19.7 Å². The molecule has 0 unspecified atom stereocenters. The number of nitrogens with zero attached hydrogens (tertiary/aromatic N) is 4. The van der Waals surface area contributed by atoms with Gasteiger partial charge in [-0.1, -0.05) is 20.4 Å². The van der Waals surface area contributed by atoms with Crippen LogP contribution >= 0.6 is 0 Å². The van der Waals surface area contributed by atoms with Crippen LogP contribution in [0.15, 0.2) is 30.9 Å². The molecule has 8 nitrogen and oxygen atoms in total. The molecule has 0 atom stereocenters. The molecule has 0 saturated carbocycles. The van der Waals surface area contributed by atoms with Gasteiger partial charge in [-0.15, -0.1) is 10.2 Å². The molecule has 27 heavy (non-hydrogen) atoms. The molecule has 142 valence electrons. The second kappa shape index (κ2) is 7.61. The van der Waals surface area contributed by atoms with Crippen molar-refractivity contribution in [2.75, 3.05) is 11.9 Å². The lowest BCUT2D eigenvalue weighted by Crippen LogP contribution is -2.39. The number of carbonyl (C=O) groups is 2. The van der Waals surface area contributed by atoms with Crippen LogP contribution in [0.3, 0.4) is 0 Å². The highest BCUT2D eigenvalue weighted by Crippen LogP contribution is 2.25. The van der Waals surface area contributed by atoms with Crippen molar-refractivity contribution >= 4 is 17.5 Å². The summed E-state index contributed by atoms with van der Waals surface area (Å²) < 4.78 is 2.06. The smallest absolute Gasteiger partial charge is 0.258 e. The number of rotatable bonds is 5. The number of fused-ring (bicyclic) bond motifs is 1. The van der Waals surface area contributed by atoms with Crippen LogP contribution in [0.2, 0.25) is 0 Å². The molecule has 1 aliphatic rings. The Morgan fingerprint density at radius 3 is 2.81 bits per heavy atom. The van der Waals surface area contributed by atoms with E-state index in [1.54, 1.807) is 4.90 Å². The Balaban J connectivity index is 1.79. The molecular weight excluding hydrogens is 346 g/mol. The minimum absolute atomic E-state index is 0.132. The third-order valence-electron chi connectivity index (χ3n) is 4.39. The van der Waals surface area contributed by atoms with Crippen LogP contribution < -0.4 is 5.32 Å². The Kier molecular flexibility index (Phi) is 5.25. The number of benzene rings is 1. The molecule has 2 amide bonds. The molecule has 1 aromatic heterocycles. The first-order valence-electron chi connectivity index (χ1n) is 8.85. The fourth-order valence-electron chi connectivity index (χ4n) is 3.06. The number of amides is 2. The van der Waals surface area contributed by atoms with Gasteiger partial charge >= 0.3 is 0 Å². The normalized spacial score (nSPS) is 13.4. The first-order chi connectivity index (χ1) is 12.9. The third-order valence-corrected chi connectivity index (χ3v) is 4.39. The van der Waals surface area contributed by atoms with Crippen molar-refractivity contribution in [2.45, 2.75) is 33.4 Å². The molecule has 0 aliphatic carbocycles. The fourth-order valence-corrected chi connectivity index (χ4v) is 3.06. The van der Waals surface area contributed by atoms with Crippen LogP contribution in [0.4, 0.5) is 5.69 Å². The van der Waals surface area contributed by atoms with Gasteiger partial charge in [0, 0.05) is 25.2 Å². The van der Waals surface area contributed by atoms with Gasteiger partial charge in [0.15, 0.2) is 5.82 Å². The zero-order chi connectivity index (χ0) is 19.6. The second-order valence-corrected chi connectivity index (χ2v) is 6.93. The zero-order valence-electron chi connectivity index (χ0n) is 15.5. The summed E-state index contributed by atoms with van der Waals surface area (Å²) in [7, 11) is 0. The molecule has 0 fully saturated rings. The van der Waals surface area contributed by atoms with Gasteiger partial charge in [0.05, 0.1) is 12.1 Å². The molecule has 1 aromatic carbocycles. The highest BCUT2D eigenvalue weighted by molar-refractivity contribution is 6.01. The molecule has 0 spiro atoms. The highest BCUT2D eigenvalue weighted by Gasteiger charge is 2.27. The van der Waals surface area contributed by atoms with Crippen molar-refractivity contribution in [3.8, 4) is 5.75 Å². The van der Waals surface area contributed by atoms with Crippen LogP contribution in [-0.2, 0) is 24.3 Å². The van der Waals surface area contributed by atoms with Crippen molar-refractivity contribution in [1.29, 1.82) is 0 Å². The van der Waals surface area contributed by atoms with Gasteiger partial charge < -0.3 is 19.9 Å². The van der Waals surface area contributed by atoms with Gasteiger partial charge in [0.2, 0.25) is 5.91 Å². The number of aromatic hydroxyl groups is 1. The largest absolute Gasteiger partial charge is 0.507 e. The quantitative estimate of drug-likeness (QED) is 0.620. The summed E-state index contributed by atoms with van der Waals surface area (Å²) in [5.41, 5.74) is 0.549. The van der Waals surface area contributed by atoms with E-state index >= 15 is 0 Å². The molecule has 3 rings (SSSR count).